The zero-order chi connectivity index (χ0) is 12.3. The summed E-state index contributed by atoms with van der Waals surface area (Å²) in [6.45, 7) is 0.117. The van der Waals surface area contributed by atoms with Crippen LogP contribution in [0.25, 0.3) is 0 Å². The van der Waals surface area contributed by atoms with Crippen molar-refractivity contribution in [3.8, 4) is 0 Å². The number of furan rings is 1. The predicted octanol–water partition coefficient (Wildman–Crippen LogP) is 1.52. The highest BCUT2D eigenvalue weighted by Crippen LogP contribution is 2.16. The number of imide groups is 1. The van der Waals surface area contributed by atoms with Gasteiger partial charge in [-0.3, -0.25) is 19.3 Å². The molecule has 1 aromatic heterocycles. The van der Waals surface area contributed by atoms with Crippen LogP contribution in [0.5, 0.6) is 0 Å². The van der Waals surface area contributed by atoms with Crippen LogP contribution in [-0.2, 0) is 16.1 Å². The average molecular weight is 235 g/mol. The first kappa shape index (κ1) is 11.6. The van der Waals surface area contributed by atoms with Crippen LogP contribution in [0, 0.1) is 0 Å². The molecule has 2 rings (SSSR count). The third kappa shape index (κ3) is 2.61. The summed E-state index contributed by atoms with van der Waals surface area (Å²) in [6, 6.07) is 3.13. The molecule has 0 aliphatic carbocycles. The molecule has 0 radical (unpaired) electrons. The summed E-state index contributed by atoms with van der Waals surface area (Å²) < 4.78 is 5.16. The minimum Gasteiger partial charge on any atom is -0.456 e. The van der Waals surface area contributed by atoms with Gasteiger partial charge in [0.1, 0.15) is 5.76 Å². The van der Waals surface area contributed by atoms with Crippen molar-refractivity contribution in [3.63, 3.8) is 0 Å². The minimum atomic E-state index is -0.170. The van der Waals surface area contributed by atoms with E-state index < -0.39 is 0 Å². The van der Waals surface area contributed by atoms with Crippen LogP contribution in [0.3, 0.4) is 0 Å². The van der Waals surface area contributed by atoms with Gasteiger partial charge in [0.05, 0.1) is 6.54 Å². The number of rotatable bonds is 3. The molecule has 1 saturated heterocycles. The first-order valence-electron chi connectivity index (χ1n) is 5.58. The predicted molar refractivity (Wildman–Crippen MR) is 58.1 cm³/mol. The Morgan fingerprint density at radius 2 is 1.82 bits per heavy atom. The Hall–Kier alpha value is -1.91. The van der Waals surface area contributed by atoms with Crippen molar-refractivity contribution in [2.75, 3.05) is 0 Å². The molecular formula is C12H13NO4. The second-order valence-electron chi connectivity index (χ2n) is 4.00. The molecule has 0 spiro atoms. The van der Waals surface area contributed by atoms with Crippen molar-refractivity contribution in [2.45, 2.75) is 32.2 Å². The number of aldehydes is 1. The molecule has 1 aromatic rings. The lowest BCUT2D eigenvalue weighted by Gasteiger charge is -2.16. The lowest BCUT2D eigenvalue weighted by Crippen LogP contribution is -2.34. The van der Waals surface area contributed by atoms with Gasteiger partial charge in [0.2, 0.25) is 11.8 Å². The van der Waals surface area contributed by atoms with Crippen molar-refractivity contribution in [1.29, 1.82) is 0 Å². The van der Waals surface area contributed by atoms with Crippen molar-refractivity contribution < 1.29 is 18.8 Å². The summed E-state index contributed by atoms with van der Waals surface area (Å²) >= 11 is 0. The van der Waals surface area contributed by atoms with E-state index in [1.54, 1.807) is 6.07 Å². The molecule has 0 atom stereocenters. The van der Waals surface area contributed by atoms with Crippen molar-refractivity contribution in [1.82, 2.24) is 4.90 Å². The molecule has 0 aromatic carbocycles. The summed E-state index contributed by atoms with van der Waals surface area (Å²) in [4.78, 5) is 35.1. The number of amides is 2. The summed E-state index contributed by atoms with van der Waals surface area (Å²) in [7, 11) is 0. The molecule has 0 bridgehead atoms. The van der Waals surface area contributed by atoms with Crippen LogP contribution in [0.1, 0.15) is 42.0 Å². The molecule has 1 aliphatic rings. The van der Waals surface area contributed by atoms with Crippen molar-refractivity contribution in [3.05, 3.63) is 23.7 Å². The van der Waals surface area contributed by atoms with Gasteiger partial charge in [-0.2, -0.15) is 0 Å². The molecule has 0 unspecified atom stereocenters. The van der Waals surface area contributed by atoms with Crippen LogP contribution in [0.15, 0.2) is 16.5 Å². The number of likely N-dealkylation sites (tertiary alicyclic amines) is 1. The first-order chi connectivity index (χ1) is 8.20. The average Bonchev–Trinajstić information content (AvgIpc) is 2.72. The lowest BCUT2D eigenvalue weighted by atomic mass is 10.2. The summed E-state index contributed by atoms with van der Waals surface area (Å²) in [6.07, 6.45) is 2.88. The fourth-order valence-corrected chi connectivity index (χ4v) is 1.84. The Bertz CT molecular complexity index is 431. The van der Waals surface area contributed by atoms with Crippen LogP contribution >= 0.6 is 0 Å². The quantitative estimate of drug-likeness (QED) is 0.588. The number of carbonyl (C=O) groups is 3. The zero-order valence-corrected chi connectivity index (χ0v) is 9.35. The number of hydrogen-bond acceptors (Lipinski definition) is 4. The highest BCUT2D eigenvalue weighted by Gasteiger charge is 2.24. The van der Waals surface area contributed by atoms with Gasteiger partial charge in [-0.1, -0.05) is 0 Å². The second-order valence-corrected chi connectivity index (χ2v) is 4.00. The summed E-state index contributed by atoms with van der Waals surface area (Å²) in [5.41, 5.74) is 0. The maximum absolute atomic E-state index is 11.7. The van der Waals surface area contributed by atoms with Gasteiger partial charge in [-0.15, -0.1) is 0 Å². The third-order valence-corrected chi connectivity index (χ3v) is 2.75. The molecule has 2 heterocycles. The van der Waals surface area contributed by atoms with E-state index in [1.165, 1.54) is 11.0 Å². The van der Waals surface area contributed by atoms with E-state index in [0.717, 1.165) is 12.8 Å². The van der Waals surface area contributed by atoms with Crippen LogP contribution < -0.4 is 0 Å². The maximum Gasteiger partial charge on any atom is 0.229 e. The highest BCUT2D eigenvalue weighted by molar-refractivity contribution is 5.95. The van der Waals surface area contributed by atoms with Crippen LogP contribution in [0.2, 0.25) is 0 Å². The topological polar surface area (TPSA) is 67.6 Å². The molecule has 5 heteroatoms. The molecule has 2 amide bonds. The monoisotopic (exact) mass is 235 g/mol. The van der Waals surface area contributed by atoms with Gasteiger partial charge in [0.25, 0.3) is 0 Å². The molecule has 5 nitrogen and oxygen atoms in total. The Morgan fingerprint density at radius 1 is 1.18 bits per heavy atom. The van der Waals surface area contributed by atoms with Crippen molar-refractivity contribution in [2.24, 2.45) is 0 Å². The van der Waals surface area contributed by atoms with E-state index in [1.807, 2.05) is 0 Å². The fourth-order valence-electron chi connectivity index (χ4n) is 1.84. The molecule has 1 fully saturated rings. The van der Waals surface area contributed by atoms with E-state index in [0.29, 0.717) is 24.9 Å². The van der Waals surface area contributed by atoms with E-state index in [4.69, 9.17) is 4.42 Å². The Balaban J connectivity index is 2.12. The van der Waals surface area contributed by atoms with Gasteiger partial charge in [-0.25, -0.2) is 0 Å². The summed E-state index contributed by atoms with van der Waals surface area (Å²) in [5, 5.41) is 0. The van der Waals surface area contributed by atoms with E-state index in [2.05, 4.69) is 0 Å². The fraction of sp³-hybridized carbons (Fsp3) is 0.417. The Morgan fingerprint density at radius 3 is 2.35 bits per heavy atom. The first-order valence-corrected chi connectivity index (χ1v) is 5.58. The minimum absolute atomic E-state index is 0.117. The van der Waals surface area contributed by atoms with E-state index >= 15 is 0 Å². The highest BCUT2D eigenvalue weighted by atomic mass is 16.3. The normalized spacial score (nSPS) is 17.1. The number of hydrogen-bond donors (Lipinski definition) is 0. The molecule has 90 valence electrons. The van der Waals surface area contributed by atoms with Crippen LogP contribution in [-0.4, -0.2) is 23.0 Å². The van der Waals surface area contributed by atoms with Gasteiger partial charge in [0.15, 0.2) is 12.0 Å². The molecule has 0 N–H and O–H groups in total. The molecule has 1 aliphatic heterocycles. The zero-order valence-electron chi connectivity index (χ0n) is 9.35. The maximum atomic E-state index is 11.7. The number of nitrogens with zero attached hydrogens (tertiary/aromatic N) is 1. The van der Waals surface area contributed by atoms with Crippen LogP contribution in [0.4, 0.5) is 0 Å². The standard InChI is InChI=1S/C12H13NO4/c14-8-10-6-5-9(17-10)7-13-11(15)3-1-2-4-12(13)16/h5-6,8H,1-4,7H2. The van der Waals surface area contributed by atoms with Gasteiger partial charge >= 0.3 is 0 Å². The molecule has 17 heavy (non-hydrogen) atoms. The molecular weight excluding hydrogens is 222 g/mol. The van der Waals surface area contributed by atoms with E-state index in [9.17, 15) is 14.4 Å². The van der Waals surface area contributed by atoms with Gasteiger partial charge in [0, 0.05) is 12.8 Å². The SMILES string of the molecule is O=Cc1ccc(CN2C(=O)CCCCC2=O)o1. The smallest absolute Gasteiger partial charge is 0.229 e. The number of carbonyl (C=O) groups excluding carboxylic acids is 3. The Kier molecular flexibility index (Phi) is 3.37. The third-order valence-electron chi connectivity index (χ3n) is 2.75. The largest absolute Gasteiger partial charge is 0.456 e. The summed E-state index contributed by atoms with van der Waals surface area (Å²) in [5.74, 6) is 0.318. The lowest BCUT2D eigenvalue weighted by molar-refractivity contribution is -0.144. The van der Waals surface area contributed by atoms with Gasteiger partial charge < -0.3 is 4.42 Å². The molecule has 0 saturated carbocycles. The van der Waals surface area contributed by atoms with Gasteiger partial charge in [-0.05, 0) is 25.0 Å². The van der Waals surface area contributed by atoms with Crippen molar-refractivity contribution >= 4 is 18.1 Å². The second kappa shape index (κ2) is 4.95. The van der Waals surface area contributed by atoms with E-state index in [-0.39, 0.29) is 24.1 Å². The Labute approximate surface area is 98.4 Å².